The van der Waals surface area contributed by atoms with Crippen LogP contribution >= 0.6 is 0 Å². The number of hydrogen-bond donors (Lipinski definition) is 1. The molecular weight excluding hydrogens is 250 g/mol. The van der Waals surface area contributed by atoms with E-state index in [1.807, 2.05) is 20.8 Å². The van der Waals surface area contributed by atoms with Gasteiger partial charge in [0.25, 0.3) is 5.92 Å². The van der Waals surface area contributed by atoms with Crippen molar-refractivity contribution in [2.75, 3.05) is 0 Å². The first kappa shape index (κ1) is 15.6. The van der Waals surface area contributed by atoms with Crippen molar-refractivity contribution in [3.05, 3.63) is 35.4 Å². The van der Waals surface area contributed by atoms with Gasteiger partial charge in [-0.25, -0.2) is 8.78 Å². The molecule has 0 fully saturated rings. The van der Waals surface area contributed by atoms with E-state index in [9.17, 15) is 13.6 Å². The first-order valence-corrected chi connectivity index (χ1v) is 6.33. The molecule has 1 aromatic carbocycles. The number of aliphatic carboxylic acids is 1. The predicted molar refractivity (Wildman–Crippen MR) is 70.5 cm³/mol. The van der Waals surface area contributed by atoms with E-state index in [1.54, 1.807) is 12.1 Å². The second-order valence-corrected chi connectivity index (χ2v) is 5.78. The minimum absolute atomic E-state index is 0.0244. The standard InChI is InChI=1S/C15H20F2O2/c1-14(2,3)11-6-8-12(9-7-11)15(16,17)10-4-5-13(18)19/h6-9H,4-5,10H2,1-3H3,(H,18,19). The van der Waals surface area contributed by atoms with Crippen molar-refractivity contribution in [1.82, 2.24) is 0 Å². The van der Waals surface area contributed by atoms with Crippen molar-refractivity contribution in [3.8, 4) is 0 Å². The summed E-state index contributed by atoms with van der Waals surface area (Å²) in [6, 6.07) is 6.28. The Balaban J connectivity index is 2.76. The highest BCUT2D eigenvalue weighted by atomic mass is 19.3. The number of carboxylic acids is 1. The Morgan fingerprint density at radius 3 is 2.00 bits per heavy atom. The monoisotopic (exact) mass is 270 g/mol. The van der Waals surface area contributed by atoms with E-state index in [1.165, 1.54) is 12.1 Å². The van der Waals surface area contributed by atoms with Gasteiger partial charge in [0.1, 0.15) is 0 Å². The van der Waals surface area contributed by atoms with Crippen LogP contribution in [0.2, 0.25) is 0 Å². The van der Waals surface area contributed by atoms with Crippen LogP contribution in [-0.2, 0) is 16.1 Å². The van der Waals surface area contributed by atoms with Crippen LogP contribution in [0.5, 0.6) is 0 Å². The molecule has 2 nitrogen and oxygen atoms in total. The minimum Gasteiger partial charge on any atom is -0.481 e. The number of hydrogen-bond acceptors (Lipinski definition) is 1. The lowest BCUT2D eigenvalue weighted by Crippen LogP contribution is -2.16. The molecule has 0 heterocycles. The number of benzene rings is 1. The van der Waals surface area contributed by atoms with Crippen LogP contribution in [0.25, 0.3) is 0 Å². The third-order valence-electron chi connectivity index (χ3n) is 3.05. The maximum Gasteiger partial charge on any atom is 0.303 e. The molecule has 0 amide bonds. The van der Waals surface area contributed by atoms with Crippen molar-refractivity contribution in [2.24, 2.45) is 0 Å². The highest BCUT2D eigenvalue weighted by molar-refractivity contribution is 5.66. The highest BCUT2D eigenvalue weighted by Crippen LogP contribution is 2.34. The van der Waals surface area contributed by atoms with Gasteiger partial charge in [0.05, 0.1) is 0 Å². The maximum absolute atomic E-state index is 13.8. The van der Waals surface area contributed by atoms with Crippen molar-refractivity contribution < 1.29 is 18.7 Å². The van der Waals surface area contributed by atoms with Gasteiger partial charge in [-0.1, -0.05) is 45.0 Å². The Labute approximate surface area is 112 Å². The molecule has 0 aromatic heterocycles. The van der Waals surface area contributed by atoms with E-state index in [4.69, 9.17) is 5.11 Å². The van der Waals surface area contributed by atoms with Crippen molar-refractivity contribution in [2.45, 2.75) is 51.4 Å². The molecule has 0 saturated heterocycles. The molecule has 0 aliphatic heterocycles. The van der Waals surface area contributed by atoms with Gasteiger partial charge in [-0.15, -0.1) is 0 Å². The lowest BCUT2D eigenvalue weighted by atomic mass is 9.86. The van der Waals surface area contributed by atoms with Crippen LogP contribution in [0, 0.1) is 0 Å². The van der Waals surface area contributed by atoms with Crippen LogP contribution in [0.4, 0.5) is 8.78 Å². The molecule has 0 aliphatic rings. The smallest absolute Gasteiger partial charge is 0.303 e. The van der Waals surface area contributed by atoms with Gasteiger partial charge < -0.3 is 5.11 Å². The van der Waals surface area contributed by atoms with Crippen molar-refractivity contribution in [1.29, 1.82) is 0 Å². The van der Waals surface area contributed by atoms with Gasteiger partial charge in [-0.05, 0) is 17.4 Å². The molecule has 0 bridgehead atoms. The molecule has 0 aliphatic carbocycles. The van der Waals surface area contributed by atoms with E-state index < -0.39 is 18.3 Å². The van der Waals surface area contributed by atoms with E-state index >= 15 is 0 Å². The molecular formula is C15H20F2O2. The second kappa shape index (κ2) is 5.68. The van der Waals surface area contributed by atoms with Crippen LogP contribution in [-0.4, -0.2) is 11.1 Å². The Morgan fingerprint density at radius 1 is 1.11 bits per heavy atom. The first-order valence-electron chi connectivity index (χ1n) is 6.33. The molecule has 1 N–H and O–H groups in total. The third kappa shape index (κ3) is 4.62. The average molecular weight is 270 g/mol. The molecule has 19 heavy (non-hydrogen) atoms. The van der Waals surface area contributed by atoms with Gasteiger partial charge >= 0.3 is 5.97 Å². The summed E-state index contributed by atoms with van der Waals surface area (Å²) in [4.78, 5) is 10.3. The zero-order chi connectivity index (χ0) is 14.7. The lowest BCUT2D eigenvalue weighted by molar-refractivity contribution is -0.137. The molecule has 1 rings (SSSR count). The Bertz CT molecular complexity index is 430. The van der Waals surface area contributed by atoms with E-state index in [0.29, 0.717) is 0 Å². The van der Waals surface area contributed by atoms with Gasteiger partial charge in [0, 0.05) is 18.4 Å². The number of alkyl halides is 2. The topological polar surface area (TPSA) is 37.3 Å². The van der Waals surface area contributed by atoms with Crippen molar-refractivity contribution >= 4 is 5.97 Å². The van der Waals surface area contributed by atoms with E-state index in [2.05, 4.69) is 0 Å². The Morgan fingerprint density at radius 2 is 1.58 bits per heavy atom. The quantitative estimate of drug-likeness (QED) is 0.864. The SMILES string of the molecule is CC(C)(C)c1ccc(C(F)(F)CCCC(=O)O)cc1. The van der Waals surface area contributed by atoms with E-state index in [-0.39, 0.29) is 23.8 Å². The summed E-state index contributed by atoms with van der Waals surface area (Å²) < 4.78 is 27.7. The second-order valence-electron chi connectivity index (χ2n) is 5.78. The number of halogens is 2. The molecule has 0 saturated carbocycles. The summed E-state index contributed by atoms with van der Waals surface area (Å²) in [7, 11) is 0. The number of carbonyl (C=O) groups is 1. The fourth-order valence-corrected chi connectivity index (χ4v) is 1.82. The molecule has 106 valence electrons. The summed E-state index contributed by atoms with van der Waals surface area (Å²) in [6.45, 7) is 6.06. The van der Waals surface area contributed by atoms with Gasteiger partial charge in [0.15, 0.2) is 0 Å². The summed E-state index contributed by atoms with van der Waals surface area (Å²) in [5.74, 6) is -4.01. The predicted octanol–water partition coefficient (Wildman–Crippen LogP) is 4.33. The molecule has 0 unspecified atom stereocenters. The molecule has 0 atom stereocenters. The first-order chi connectivity index (χ1) is 8.63. The fraction of sp³-hybridized carbons (Fsp3) is 0.533. The number of carboxylic acid groups (broad SMARTS) is 1. The molecule has 0 radical (unpaired) electrons. The van der Waals surface area contributed by atoms with Crippen LogP contribution in [0.15, 0.2) is 24.3 Å². The molecule has 1 aromatic rings. The van der Waals surface area contributed by atoms with Crippen LogP contribution < -0.4 is 0 Å². The average Bonchev–Trinajstić information content (AvgIpc) is 2.27. The van der Waals surface area contributed by atoms with Crippen LogP contribution in [0.3, 0.4) is 0 Å². The Hall–Kier alpha value is -1.45. The molecule has 4 heteroatoms. The summed E-state index contributed by atoms with van der Waals surface area (Å²) in [5.41, 5.74) is 0.875. The summed E-state index contributed by atoms with van der Waals surface area (Å²) >= 11 is 0. The number of rotatable bonds is 5. The van der Waals surface area contributed by atoms with Gasteiger partial charge in [-0.3, -0.25) is 4.79 Å². The fourth-order valence-electron chi connectivity index (χ4n) is 1.82. The van der Waals surface area contributed by atoms with Gasteiger partial charge in [0.2, 0.25) is 0 Å². The Kier molecular flexibility index (Phi) is 4.66. The zero-order valence-corrected chi connectivity index (χ0v) is 11.5. The van der Waals surface area contributed by atoms with Gasteiger partial charge in [-0.2, -0.15) is 0 Å². The molecule has 0 spiro atoms. The highest BCUT2D eigenvalue weighted by Gasteiger charge is 2.31. The maximum atomic E-state index is 13.8. The van der Waals surface area contributed by atoms with Crippen molar-refractivity contribution in [3.63, 3.8) is 0 Å². The normalized spacial score (nSPS) is 12.5. The third-order valence-corrected chi connectivity index (χ3v) is 3.05. The largest absolute Gasteiger partial charge is 0.481 e. The summed E-state index contributed by atoms with van der Waals surface area (Å²) in [5, 5.41) is 8.46. The van der Waals surface area contributed by atoms with E-state index in [0.717, 1.165) is 5.56 Å². The minimum atomic E-state index is -2.97. The van der Waals surface area contributed by atoms with Crippen LogP contribution in [0.1, 0.15) is 51.2 Å². The summed E-state index contributed by atoms with van der Waals surface area (Å²) in [6.07, 6.45) is -0.687. The lowest BCUT2D eigenvalue weighted by Gasteiger charge is -2.21. The zero-order valence-electron chi connectivity index (χ0n) is 11.5.